The van der Waals surface area contributed by atoms with Crippen LogP contribution in [0, 0.1) is 28.4 Å². The van der Waals surface area contributed by atoms with Gasteiger partial charge >= 0.3 is 0 Å². The van der Waals surface area contributed by atoms with Gasteiger partial charge in [-0.15, -0.1) is 6.42 Å². The molecule has 1 saturated carbocycles. The predicted molar refractivity (Wildman–Crippen MR) is 78.3 cm³/mol. The fourth-order valence-electron chi connectivity index (χ4n) is 1.91. The number of hydrogen-bond donors (Lipinski definition) is 0. The van der Waals surface area contributed by atoms with Gasteiger partial charge in [-0.1, -0.05) is 5.92 Å². The van der Waals surface area contributed by atoms with Gasteiger partial charge in [0.2, 0.25) is 0 Å². The van der Waals surface area contributed by atoms with Crippen molar-refractivity contribution in [2.45, 2.75) is 12.8 Å². The number of halogens is 1. The van der Waals surface area contributed by atoms with Gasteiger partial charge in [-0.3, -0.25) is 14.9 Å². The standard InChI is InChI=1S/C14H13BrN2O3/c1-2-7-16(9-10-3-4-10)14(18)11-5-6-12(15)13(8-11)17(19)20/h1,5-6,8,10H,3-4,7,9H2. The molecule has 1 aromatic carbocycles. The summed E-state index contributed by atoms with van der Waals surface area (Å²) in [5.41, 5.74) is 0.165. The van der Waals surface area contributed by atoms with Crippen LogP contribution in [0.4, 0.5) is 5.69 Å². The second kappa shape index (κ2) is 6.06. The first-order valence-corrected chi connectivity index (χ1v) is 6.99. The summed E-state index contributed by atoms with van der Waals surface area (Å²) in [5, 5.41) is 10.9. The molecular formula is C14H13BrN2O3. The molecule has 0 atom stereocenters. The summed E-state index contributed by atoms with van der Waals surface area (Å²) in [7, 11) is 0. The molecule has 1 amide bonds. The zero-order chi connectivity index (χ0) is 14.7. The maximum Gasteiger partial charge on any atom is 0.284 e. The summed E-state index contributed by atoms with van der Waals surface area (Å²) in [4.78, 5) is 24.3. The molecule has 0 radical (unpaired) electrons. The Morgan fingerprint density at radius 2 is 2.25 bits per heavy atom. The van der Waals surface area contributed by atoms with E-state index in [1.807, 2.05) is 0 Å². The number of hydrogen-bond acceptors (Lipinski definition) is 3. The minimum atomic E-state index is -0.521. The van der Waals surface area contributed by atoms with Crippen molar-refractivity contribution in [3.05, 3.63) is 38.3 Å². The van der Waals surface area contributed by atoms with Crippen molar-refractivity contribution >= 4 is 27.5 Å². The maximum atomic E-state index is 12.4. The Hall–Kier alpha value is -1.87. The van der Waals surface area contributed by atoms with Gasteiger partial charge in [0.25, 0.3) is 11.6 Å². The van der Waals surface area contributed by atoms with Crippen molar-refractivity contribution in [1.82, 2.24) is 4.90 Å². The summed E-state index contributed by atoms with van der Waals surface area (Å²) in [6.45, 7) is 0.839. The Morgan fingerprint density at radius 1 is 1.55 bits per heavy atom. The van der Waals surface area contributed by atoms with Crippen LogP contribution in [-0.2, 0) is 0 Å². The van der Waals surface area contributed by atoms with Gasteiger partial charge in [0.15, 0.2) is 0 Å². The highest BCUT2D eigenvalue weighted by molar-refractivity contribution is 9.10. The van der Waals surface area contributed by atoms with Crippen LogP contribution in [-0.4, -0.2) is 28.8 Å². The number of carbonyl (C=O) groups is 1. The van der Waals surface area contributed by atoms with E-state index >= 15 is 0 Å². The van der Waals surface area contributed by atoms with Crippen molar-refractivity contribution in [2.75, 3.05) is 13.1 Å². The molecule has 5 nitrogen and oxygen atoms in total. The first kappa shape index (κ1) is 14.5. The van der Waals surface area contributed by atoms with Crippen molar-refractivity contribution in [2.24, 2.45) is 5.92 Å². The Morgan fingerprint density at radius 3 is 2.80 bits per heavy atom. The minimum Gasteiger partial charge on any atom is -0.327 e. The quantitative estimate of drug-likeness (QED) is 0.471. The van der Waals surface area contributed by atoms with Crippen LogP contribution in [0.25, 0.3) is 0 Å². The van der Waals surface area contributed by atoms with Crippen molar-refractivity contribution in [3.63, 3.8) is 0 Å². The molecular weight excluding hydrogens is 324 g/mol. The van der Waals surface area contributed by atoms with E-state index in [2.05, 4.69) is 21.9 Å². The fourth-order valence-corrected chi connectivity index (χ4v) is 2.30. The zero-order valence-electron chi connectivity index (χ0n) is 10.7. The smallest absolute Gasteiger partial charge is 0.284 e. The molecule has 104 valence electrons. The third-order valence-electron chi connectivity index (χ3n) is 3.13. The Balaban J connectivity index is 2.24. The Bertz CT molecular complexity index is 591. The number of terminal acetylenes is 1. The molecule has 1 aromatic rings. The molecule has 0 unspecified atom stereocenters. The van der Waals surface area contributed by atoms with E-state index in [0.29, 0.717) is 16.9 Å². The summed E-state index contributed by atoms with van der Waals surface area (Å²) >= 11 is 3.10. The van der Waals surface area contributed by atoms with Gasteiger partial charge < -0.3 is 4.90 Å². The number of nitro benzene ring substituents is 1. The van der Waals surface area contributed by atoms with Crippen LogP contribution in [0.5, 0.6) is 0 Å². The highest BCUT2D eigenvalue weighted by Gasteiger charge is 2.27. The summed E-state index contributed by atoms with van der Waals surface area (Å²) in [5.74, 6) is 2.72. The van der Waals surface area contributed by atoms with Crippen LogP contribution in [0.3, 0.4) is 0 Å². The fraction of sp³-hybridized carbons (Fsp3) is 0.357. The van der Waals surface area contributed by atoms with Crippen LogP contribution in [0.1, 0.15) is 23.2 Å². The molecule has 1 fully saturated rings. The van der Waals surface area contributed by atoms with Crippen molar-refractivity contribution in [3.8, 4) is 12.3 Å². The van der Waals surface area contributed by atoms with E-state index in [-0.39, 0.29) is 23.7 Å². The number of carbonyl (C=O) groups excluding carboxylic acids is 1. The van der Waals surface area contributed by atoms with E-state index < -0.39 is 4.92 Å². The second-order valence-corrected chi connectivity index (χ2v) is 5.61. The molecule has 0 N–H and O–H groups in total. The normalized spacial score (nSPS) is 13.6. The molecule has 20 heavy (non-hydrogen) atoms. The average Bonchev–Trinajstić information content (AvgIpc) is 3.21. The summed E-state index contributed by atoms with van der Waals surface area (Å²) in [6.07, 6.45) is 7.50. The van der Waals surface area contributed by atoms with E-state index in [0.717, 1.165) is 12.8 Å². The topological polar surface area (TPSA) is 63.5 Å². The van der Waals surface area contributed by atoms with Gasteiger partial charge in [-0.2, -0.15) is 0 Å². The molecule has 6 heteroatoms. The lowest BCUT2D eigenvalue weighted by molar-refractivity contribution is -0.385. The minimum absolute atomic E-state index is 0.122. The SMILES string of the molecule is C#CCN(CC1CC1)C(=O)c1ccc(Br)c([N+](=O)[O-])c1. The first-order valence-electron chi connectivity index (χ1n) is 6.19. The zero-order valence-corrected chi connectivity index (χ0v) is 12.3. The molecule has 0 saturated heterocycles. The van der Waals surface area contributed by atoms with Crippen LogP contribution >= 0.6 is 15.9 Å². The molecule has 1 aliphatic rings. The van der Waals surface area contributed by atoms with Crippen molar-refractivity contribution < 1.29 is 9.72 Å². The van der Waals surface area contributed by atoms with Gasteiger partial charge in [0, 0.05) is 18.2 Å². The average molecular weight is 337 g/mol. The van der Waals surface area contributed by atoms with Gasteiger partial charge in [-0.05, 0) is 46.8 Å². The van der Waals surface area contributed by atoms with E-state index in [1.165, 1.54) is 12.1 Å². The Labute approximate surface area is 125 Å². The lowest BCUT2D eigenvalue weighted by Gasteiger charge is -2.20. The summed E-state index contributed by atoms with van der Waals surface area (Å²) < 4.78 is 0.352. The molecule has 1 aliphatic carbocycles. The third-order valence-corrected chi connectivity index (χ3v) is 3.81. The number of nitro groups is 1. The van der Waals surface area contributed by atoms with E-state index in [1.54, 1.807) is 11.0 Å². The number of benzene rings is 1. The van der Waals surface area contributed by atoms with Crippen LogP contribution in [0.15, 0.2) is 22.7 Å². The largest absolute Gasteiger partial charge is 0.327 e. The highest BCUT2D eigenvalue weighted by atomic mass is 79.9. The third kappa shape index (κ3) is 3.36. The maximum absolute atomic E-state index is 12.4. The van der Waals surface area contributed by atoms with Gasteiger partial charge in [0.1, 0.15) is 0 Å². The number of nitrogens with zero attached hydrogens (tertiary/aromatic N) is 2. The van der Waals surface area contributed by atoms with Crippen LogP contribution < -0.4 is 0 Å². The number of amides is 1. The first-order chi connectivity index (χ1) is 9.52. The highest BCUT2D eigenvalue weighted by Crippen LogP contribution is 2.31. The molecule has 0 aliphatic heterocycles. The summed E-state index contributed by atoms with van der Waals surface area (Å²) in [6, 6.07) is 4.36. The lowest BCUT2D eigenvalue weighted by Crippen LogP contribution is -2.33. The Kier molecular flexibility index (Phi) is 4.40. The molecule has 0 heterocycles. The predicted octanol–water partition coefficient (Wildman–Crippen LogP) is 2.84. The van der Waals surface area contributed by atoms with Crippen molar-refractivity contribution in [1.29, 1.82) is 0 Å². The molecule has 0 bridgehead atoms. The molecule has 2 rings (SSSR count). The molecule has 0 aromatic heterocycles. The van der Waals surface area contributed by atoms with E-state index in [9.17, 15) is 14.9 Å². The monoisotopic (exact) mass is 336 g/mol. The second-order valence-electron chi connectivity index (χ2n) is 4.76. The van der Waals surface area contributed by atoms with Gasteiger partial charge in [0.05, 0.1) is 15.9 Å². The molecule has 0 spiro atoms. The van der Waals surface area contributed by atoms with E-state index in [4.69, 9.17) is 6.42 Å². The lowest BCUT2D eigenvalue weighted by atomic mass is 10.1. The van der Waals surface area contributed by atoms with Crippen LogP contribution in [0.2, 0.25) is 0 Å². The van der Waals surface area contributed by atoms with Gasteiger partial charge in [-0.25, -0.2) is 0 Å². The number of rotatable bonds is 5.